The fourth-order valence-corrected chi connectivity index (χ4v) is 5.34. The second-order valence-electron chi connectivity index (χ2n) is 5.21. The molecule has 108 valence electrons. The molecular formula is C16H15FN2S2. The number of fused-ring (bicyclic) bond motifs is 2. The third kappa shape index (κ3) is 2.10. The molecule has 0 saturated heterocycles. The van der Waals surface area contributed by atoms with Crippen LogP contribution in [0.1, 0.15) is 24.6 Å². The molecule has 1 aromatic carbocycles. The van der Waals surface area contributed by atoms with Crippen LogP contribution in [0.4, 0.5) is 4.39 Å². The number of allylic oxidation sites excluding steroid dienone is 1. The van der Waals surface area contributed by atoms with Crippen molar-refractivity contribution in [1.82, 2.24) is 4.90 Å². The summed E-state index contributed by atoms with van der Waals surface area (Å²) in [6.07, 6.45) is 2.18. The molecule has 21 heavy (non-hydrogen) atoms. The van der Waals surface area contributed by atoms with E-state index >= 15 is 0 Å². The zero-order valence-electron chi connectivity index (χ0n) is 11.7. The smallest absolute Gasteiger partial charge is 0.168 e. The summed E-state index contributed by atoms with van der Waals surface area (Å²) in [5, 5.41) is 2.11. The van der Waals surface area contributed by atoms with Gasteiger partial charge in [-0.2, -0.15) is 0 Å². The van der Waals surface area contributed by atoms with Crippen LogP contribution >= 0.6 is 23.1 Å². The van der Waals surface area contributed by atoms with Gasteiger partial charge in [0.2, 0.25) is 0 Å². The number of aliphatic imine (C=N–C) groups is 1. The molecule has 0 fully saturated rings. The summed E-state index contributed by atoms with van der Waals surface area (Å²) in [5.74, 6) is -0.123. The highest BCUT2D eigenvalue weighted by Gasteiger charge is 2.33. The lowest BCUT2D eigenvalue weighted by atomic mass is 10.2. The topological polar surface area (TPSA) is 15.6 Å². The minimum absolute atomic E-state index is 0.123. The minimum Gasteiger partial charge on any atom is -0.317 e. The van der Waals surface area contributed by atoms with Gasteiger partial charge in [-0.15, -0.1) is 11.3 Å². The summed E-state index contributed by atoms with van der Waals surface area (Å²) in [5.41, 5.74) is 1.26. The van der Waals surface area contributed by atoms with Crippen LogP contribution in [-0.2, 0) is 0 Å². The second kappa shape index (κ2) is 5.14. The standard InChI is InChI=1S/C16H15FN2S2/c1-2-4-12-14(19-8-7-18-16(19)21-12)13-9-10-5-3-6-11(17)15(10)20-13/h3,5-6,9H,2,4,7-8H2,1H3. The molecule has 2 aliphatic rings. The molecule has 1 aromatic heterocycles. The first-order valence-electron chi connectivity index (χ1n) is 7.19. The van der Waals surface area contributed by atoms with Crippen LogP contribution < -0.4 is 0 Å². The Labute approximate surface area is 131 Å². The Hall–Kier alpha value is -1.33. The fraction of sp³-hybridized carbons (Fsp3) is 0.312. The molecule has 0 N–H and O–H groups in total. The van der Waals surface area contributed by atoms with Crippen molar-refractivity contribution >= 4 is 44.0 Å². The third-order valence-corrected chi connectivity index (χ3v) is 6.10. The van der Waals surface area contributed by atoms with Gasteiger partial charge in [-0.1, -0.05) is 37.2 Å². The fourth-order valence-electron chi connectivity index (χ4n) is 2.84. The Morgan fingerprint density at radius 3 is 3.10 bits per heavy atom. The quantitative estimate of drug-likeness (QED) is 0.797. The normalized spacial score (nSPS) is 17.8. The van der Waals surface area contributed by atoms with Crippen LogP contribution in [0.5, 0.6) is 0 Å². The lowest BCUT2D eigenvalue weighted by molar-refractivity contribution is 0.642. The van der Waals surface area contributed by atoms with E-state index in [2.05, 4.69) is 22.9 Å². The van der Waals surface area contributed by atoms with E-state index in [1.54, 1.807) is 29.2 Å². The summed E-state index contributed by atoms with van der Waals surface area (Å²) < 4.78 is 14.7. The molecule has 0 radical (unpaired) electrons. The van der Waals surface area contributed by atoms with E-state index in [1.807, 2.05) is 6.07 Å². The van der Waals surface area contributed by atoms with Crippen LogP contribution in [0.2, 0.25) is 0 Å². The van der Waals surface area contributed by atoms with Crippen LogP contribution in [0.15, 0.2) is 34.2 Å². The Balaban J connectivity index is 1.86. The third-order valence-electron chi connectivity index (χ3n) is 3.76. The lowest BCUT2D eigenvalue weighted by Crippen LogP contribution is -2.19. The SMILES string of the molecule is CCCC1=C(c2cc3cccc(F)c3s2)N2CCN=C2S1. The van der Waals surface area contributed by atoms with Gasteiger partial charge in [0, 0.05) is 11.4 Å². The molecule has 0 atom stereocenters. The minimum atomic E-state index is -0.123. The first kappa shape index (κ1) is 13.3. The number of halogens is 1. The number of thiophene rings is 1. The van der Waals surface area contributed by atoms with Gasteiger partial charge in [-0.25, -0.2) is 4.39 Å². The monoisotopic (exact) mass is 318 g/mol. The van der Waals surface area contributed by atoms with Crippen molar-refractivity contribution in [2.45, 2.75) is 19.8 Å². The Morgan fingerprint density at radius 2 is 2.29 bits per heavy atom. The number of rotatable bonds is 3. The van der Waals surface area contributed by atoms with Gasteiger partial charge in [0.05, 0.1) is 21.8 Å². The maximum Gasteiger partial charge on any atom is 0.168 e. The Kier molecular flexibility index (Phi) is 3.27. The highest BCUT2D eigenvalue weighted by atomic mass is 32.2. The average molecular weight is 318 g/mol. The van der Waals surface area contributed by atoms with E-state index in [1.165, 1.54) is 16.7 Å². The van der Waals surface area contributed by atoms with Crippen molar-refractivity contribution in [3.05, 3.63) is 39.9 Å². The van der Waals surface area contributed by atoms with E-state index in [-0.39, 0.29) is 5.82 Å². The molecule has 5 heteroatoms. The van der Waals surface area contributed by atoms with Crippen molar-refractivity contribution in [1.29, 1.82) is 0 Å². The van der Waals surface area contributed by atoms with E-state index in [4.69, 9.17) is 0 Å². The number of hydrogen-bond acceptors (Lipinski definition) is 4. The van der Waals surface area contributed by atoms with Gasteiger partial charge >= 0.3 is 0 Å². The van der Waals surface area contributed by atoms with Crippen molar-refractivity contribution < 1.29 is 4.39 Å². The number of nitrogens with zero attached hydrogens (tertiary/aromatic N) is 2. The molecular weight excluding hydrogens is 303 g/mol. The molecule has 4 rings (SSSR count). The van der Waals surface area contributed by atoms with Gasteiger partial charge in [0.25, 0.3) is 0 Å². The molecule has 0 amide bonds. The van der Waals surface area contributed by atoms with Crippen molar-refractivity contribution in [2.24, 2.45) is 4.99 Å². The van der Waals surface area contributed by atoms with Crippen molar-refractivity contribution in [3.8, 4) is 0 Å². The lowest BCUT2D eigenvalue weighted by Gasteiger charge is -2.15. The molecule has 0 bridgehead atoms. The number of hydrogen-bond donors (Lipinski definition) is 0. The molecule has 2 aromatic rings. The number of benzene rings is 1. The van der Waals surface area contributed by atoms with Gasteiger partial charge in [0.15, 0.2) is 5.17 Å². The average Bonchev–Trinajstić information content (AvgIpc) is 3.12. The van der Waals surface area contributed by atoms with E-state index in [9.17, 15) is 4.39 Å². The maximum absolute atomic E-state index is 14.0. The highest BCUT2D eigenvalue weighted by Crippen LogP contribution is 2.46. The van der Waals surface area contributed by atoms with Crippen molar-refractivity contribution in [3.63, 3.8) is 0 Å². The summed E-state index contributed by atoms with van der Waals surface area (Å²) in [4.78, 5) is 9.42. The predicted molar refractivity (Wildman–Crippen MR) is 90.2 cm³/mol. The maximum atomic E-state index is 14.0. The molecule has 0 saturated carbocycles. The zero-order chi connectivity index (χ0) is 14.4. The molecule has 3 heterocycles. The van der Waals surface area contributed by atoms with Crippen LogP contribution in [0, 0.1) is 5.82 Å². The summed E-state index contributed by atoms with van der Waals surface area (Å²) in [7, 11) is 0. The van der Waals surface area contributed by atoms with Crippen LogP contribution in [0.25, 0.3) is 15.8 Å². The molecule has 0 spiro atoms. The summed E-state index contributed by atoms with van der Waals surface area (Å²) in [6.45, 7) is 4.01. The zero-order valence-corrected chi connectivity index (χ0v) is 13.4. The molecule has 0 unspecified atom stereocenters. The summed E-state index contributed by atoms with van der Waals surface area (Å²) >= 11 is 3.35. The second-order valence-corrected chi connectivity index (χ2v) is 7.32. The molecule has 0 aliphatic carbocycles. The van der Waals surface area contributed by atoms with Crippen LogP contribution in [0.3, 0.4) is 0 Å². The molecule has 2 aliphatic heterocycles. The van der Waals surface area contributed by atoms with Gasteiger partial charge < -0.3 is 4.90 Å². The highest BCUT2D eigenvalue weighted by molar-refractivity contribution is 8.17. The number of thioether (sulfide) groups is 1. The predicted octanol–water partition coefficient (Wildman–Crippen LogP) is 4.93. The van der Waals surface area contributed by atoms with Gasteiger partial charge in [0.1, 0.15) is 5.82 Å². The number of amidine groups is 1. The first-order chi connectivity index (χ1) is 10.3. The van der Waals surface area contributed by atoms with Gasteiger partial charge in [-0.05, 0) is 23.9 Å². The summed E-state index contributed by atoms with van der Waals surface area (Å²) in [6, 6.07) is 7.42. The van der Waals surface area contributed by atoms with Crippen LogP contribution in [-0.4, -0.2) is 23.2 Å². The van der Waals surface area contributed by atoms with E-state index < -0.39 is 0 Å². The van der Waals surface area contributed by atoms with Gasteiger partial charge in [-0.3, -0.25) is 4.99 Å². The Bertz CT molecular complexity index is 776. The molecule has 2 nitrogen and oxygen atoms in total. The largest absolute Gasteiger partial charge is 0.317 e. The van der Waals surface area contributed by atoms with Crippen molar-refractivity contribution in [2.75, 3.05) is 13.1 Å². The van der Waals surface area contributed by atoms with E-state index in [0.29, 0.717) is 0 Å². The Morgan fingerprint density at radius 1 is 1.38 bits per heavy atom. The first-order valence-corrected chi connectivity index (χ1v) is 8.82. The van der Waals surface area contributed by atoms with E-state index in [0.717, 1.165) is 46.1 Å².